The molecule has 4 rings (SSSR count). The quantitative estimate of drug-likeness (QED) is 0.804. The highest BCUT2D eigenvalue weighted by molar-refractivity contribution is 6.10. The van der Waals surface area contributed by atoms with Gasteiger partial charge in [0.1, 0.15) is 5.75 Å². The number of allylic oxidation sites excluding steroid dienone is 1. The molecular formula is C20H25N5O4. The summed E-state index contributed by atoms with van der Waals surface area (Å²) in [6, 6.07) is 4.87. The third-order valence-electron chi connectivity index (χ3n) is 5.50. The number of carbonyl (C=O) groups is 2. The average molecular weight is 399 g/mol. The maximum absolute atomic E-state index is 13.1. The molecule has 0 aromatic heterocycles. The van der Waals surface area contributed by atoms with Crippen LogP contribution in [0, 0.1) is 6.92 Å². The van der Waals surface area contributed by atoms with Crippen molar-refractivity contribution in [2.75, 3.05) is 32.2 Å². The summed E-state index contributed by atoms with van der Waals surface area (Å²) in [5.41, 5.74) is 2.81. The number of hydrogen-bond donors (Lipinski definition) is 1. The Hall–Kier alpha value is -3.07. The van der Waals surface area contributed by atoms with E-state index in [0.29, 0.717) is 18.1 Å². The number of hydrogen-bond acceptors (Lipinski definition) is 7. The van der Waals surface area contributed by atoms with Crippen LogP contribution >= 0.6 is 0 Å². The van der Waals surface area contributed by atoms with E-state index in [-0.39, 0.29) is 19.1 Å². The highest BCUT2D eigenvalue weighted by atomic mass is 16.5. The fraction of sp³-hybridized carbons (Fsp3) is 0.450. The number of aliphatic imine (C=N–C) groups is 1. The number of fused-ring (bicyclic) bond motifs is 3. The van der Waals surface area contributed by atoms with Crippen molar-refractivity contribution < 1.29 is 19.4 Å². The Labute approximate surface area is 169 Å². The number of guanidine groups is 1. The van der Waals surface area contributed by atoms with Gasteiger partial charge in [0.15, 0.2) is 12.2 Å². The lowest BCUT2D eigenvalue weighted by molar-refractivity contribution is -0.136. The molecule has 29 heavy (non-hydrogen) atoms. The molecule has 1 aromatic carbocycles. The van der Waals surface area contributed by atoms with E-state index in [1.165, 1.54) is 9.80 Å². The van der Waals surface area contributed by atoms with Gasteiger partial charge in [0.25, 0.3) is 5.91 Å². The number of amides is 3. The molecule has 0 spiro atoms. The van der Waals surface area contributed by atoms with Gasteiger partial charge in [-0.1, -0.05) is 6.07 Å². The van der Waals surface area contributed by atoms with E-state index in [2.05, 4.69) is 0 Å². The Morgan fingerprint density at radius 1 is 1.24 bits per heavy atom. The zero-order valence-corrected chi connectivity index (χ0v) is 17.0. The molecule has 0 bridgehead atoms. The molecule has 1 fully saturated rings. The topological polar surface area (TPSA) is 88.9 Å². The molecule has 0 aliphatic carbocycles. The van der Waals surface area contributed by atoms with E-state index in [9.17, 15) is 9.59 Å². The predicted octanol–water partition coefficient (Wildman–Crippen LogP) is 1.33. The predicted molar refractivity (Wildman–Crippen MR) is 107 cm³/mol. The van der Waals surface area contributed by atoms with Gasteiger partial charge in [-0.25, -0.2) is 9.79 Å². The second kappa shape index (κ2) is 7.07. The van der Waals surface area contributed by atoms with E-state index in [0.717, 1.165) is 16.9 Å². The van der Waals surface area contributed by atoms with Crippen LogP contribution in [0.3, 0.4) is 0 Å². The Morgan fingerprint density at radius 2 is 2.00 bits per heavy atom. The smallest absolute Gasteiger partial charge is 0.328 e. The van der Waals surface area contributed by atoms with Gasteiger partial charge >= 0.3 is 6.03 Å². The molecule has 1 aromatic rings. The zero-order chi connectivity index (χ0) is 20.9. The third kappa shape index (κ3) is 2.84. The molecule has 1 saturated heterocycles. The minimum Gasteiger partial charge on any atom is -0.495 e. The number of methoxy groups -OCH3 is 1. The number of carbonyl (C=O) groups excluding carboxylic acids is 2. The van der Waals surface area contributed by atoms with Crippen LogP contribution in [-0.4, -0.2) is 77.2 Å². The number of aliphatic hydroxyl groups is 1. The fourth-order valence-corrected chi connectivity index (χ4v) is 4.06. The summed E-state index contributed by atoms with van der Waals surface area (Å²) in [5.74, 6) is 0.994. The molecule has 3 aliphatic heterocycles. The average Bonchev–Trinajstić information content (AvgIpc) is 3.20. The van der Waals surface area contributed by atoms with Crippen molar-refractivity contribution in [2.24, 2.45) is 4.99 Å². The number of anilines is 1. The van der Waals surface area contributed by atoms with Crippen LogP contribution in [0.4, 0.5) is 10.5 Å². The van der Waals surface area contributed by atoms with Crippen LogP contribution < -0.4 is 9.64 Å². The molecule has 3 heterocycles. The Kier molecular flexibility index (Phi) is 4.70. The monoisotopic (exact) mass is 399 g/mol. The highest BCUT2D eigenvalue weighted by Gasteiger charge is 2.54. The fourth-order valence-electron chi connectivity index (χ4n) is 4.06. The molecule has 154 valence electrons. The molecule has 3 aliphatic rings. The van der Waals surface area contributed by atoms with Crippen LogP contribution in [0.2, 0.25) is 0 Å². The lowest BCUT2D eigenvalue weighted by Gasteiger charge is -2.40. The van der Waals surface area contributed by atoms with E-state index in [4.69, 9.17) is 14.8 Å². The molecule has 0 saturated carbocycles. The van der Waals surface area contributed by atoms with Crippen molar-refractivity contribution in [3.05, 3.63) is 35.7 Å². The first kappa shape index (κ1) is 19.3. The summed E-state index contributed by atoms with van der Waals surface area (Å²) in [5, 5.41) is 9.12. The first-order valence-electron chi connectivity index (χ1n) is 9.57. The molecule has 2 atom stereocenters. The second-order valence-corrected chi connectivity index (χ2v) is 7.44. The zero-order valence-electron chi connectivity index (χ0n) is 17.0. The summed E-state index contributed by atoms with van der Waals surface area (Å²) in [7, 11) is 3.27. The van der Waals surface area contributed by atoms with Crippen LogP contribution in [0.1, 0.15) is 18.9 Å². The number of nitrogens with zero attached hydrogens (tertiary/aromatic N) is 5. The molecule has 0 radical (unpaired) electrons. The lowest BCUT2D eigenvalue weighted by atomic mass is 10.1. The van der Waals surface area contributed by atoms with Gasteiger partial charge in [-0.2, -0.15) is 0 Å². The summed E-state index contributed by atoms with van der Waals surface area (Å²) < 4.78 is 5.54. The van der Waals surface area contributed by atoms with Gasteiger partial charge in [-0.15, -0.1) is 0 Å². The van der Waals surface area contributed by atoms with Crippen LogP contribution in [0.25, 0.3) is 0 Å². The minimum absolute atomic E-state index is 0.0831. The maximum Gasteiger partial charge on any atom is 0.328 e. The molecular weight excluding hydrogens is 374 g/mol. The van der Waals surface area contributed by atoms with Gasteiger partial charge in [-0.05, 0) is 38.0 Å². The summed E-state index contributed by atoms with van der Waals surface area (Å²) in [6.45, 7) is 4.05. The summed E-state index contributed by atoms with van der Waals surface area (Å²) in [6.07, 6.45) is 1.63. The van der Waals surface area contributed by atoms with Crippen molar-refractivity contribution in [1.29, 1.82) is 0 Å². The standard InChI is InChI=1S/C20H25N5O4/c1-12-6-7-15(29-4)14(10-12)25-13(2)11-24-16-17(21-19(24)25)22(3)20(28)23(18(16)27)8-5-9-26/h6-7,10-11,16-17,26H,5,8-9H2,1-4H3. The number of aryl methyl sites for hydroxylation is 1. The molecule has 3 amide bonds. The van der Waals surface area contributed by atoms with E-state index < -0.39 is 18.2 Å². The van der Waals surface area contributed by atoms with Gasteiger partial charge in [0.05, 0.1) is 12.8 Å². The molecule has 9 heteroatoms. The van der Waals surface area contributed by atoms with E-state index >= 15 is 0 Å². The normalized spacial score (nSPS) is 23.3. The number of benzene rings is 1. The lowest BCUT2D eigenvalue weighted by Crippen LogP contribution is -2.64. The largest absolute Gasteiger partial charge is 0.495 e. The van der Waals surface area contributed by atoms with Crippen LogP contribution in [-0.2, 0) is 4.79 Å². The van der Waals surface area contributed by atoms with Crippen LogP contribution in [0.15, 0.2) is 35.1 Å². The highest BCUT2D eigenvalue weighted by Crippen LogP contribution is 2.40. The van der Waals surface area contributed by atoms with Gasteiger partial charge in [0, 0.05) is 32.1 Å². The summed E-state index contributed by atoms with van der Waals surface area (Å²) in [4.78, 5) is 37.1. The Morgan fingerprint density at radius 3 is 2.69 bits per heavy atom. The Balaban J connectivity index is 1.73. The first-order chi connectivity index (χ1) is 13.9. The van der Waals surface area contributed by atoms with Crippen LogP contribution in [0.5, 0.6) is 5.75 Å². The number of urea groups is 1. The van der Waals surface area contributed by atoms with Crippen molar-refractivity contribution in [3.63, 3.8) is 0 Å². The molecule has 2 unspecified atom stereocenters. The van der Waals surface area contributed by atoms with Crippen molar-refractivity contribution in [3.8, 4) is 5.75 Å². The van der Waals surface area contributed by atoms with Gasteiger partial charge < -0.3 is 19.6 Å². The molecule has 9 nitrogen and oxygen atoms in total. The number of rotatable bonds is 5. The number of imide groups is 1. The number of aliphatic hydroxyl groups excluding tert-OH is 1. The maximum atomic E-state index is 13.1. The summed E-state index contributed by atoms with van der Waals surface area (Å²) >= 11 is 0. The Bertz CT molecular complexity index is 927. The molecule has 1 N–H and O–H groups in total. The first-order valence-corrected chi connectivity index (χ1v) is 9.57. The van der Waals surface area contributed by atoms with E-state index in [1.807, 2.05) is 48.0 Å². The van der Waals surface area contributed by atoms with Crippen molar-refractivity contribution in [2.45, 2.75) is 32.5 Å². The van der Waals surface area contributed by atoms with Crippen molar-refractivity contribution >= 4 is 23.6 Å². The SMILES string of the molecule is COc1ccc(C)cc1N1C(C)=CN2C1=NC1C2C(=O)N(CCCO)C(=O)N1C. The van der Waals surface area contributed by atoms with Gasteiger partial charge in [-0.3, -0.25) is 14.6 Å². The third-order valence-corrected chi connectivity index (χ3v) is 5.50. The number of ether oxygens (including phenoxy) is 1. The minimum atomic E-state index is -0.623. The second-order valence-electron chi connectivity index (χ2n) is 7.44. The van der Waals surface area contributed by atoms with E-state index in [1.54, 1.807) is 14.2 Å². The van der Waals surface area contributed by atoms with Crippen molar-refractivity contribution in [1.82, 2.24) is 14.7 Å². The number of likely N-dealkylation sites (N-methyl/N-ethyl adjacent to an activating group) is 1. The van der Waals surface area contributed by atoms with Gasteiger partial charge in [0.2, 0.25) is 5.96 Å².